The van der Waals surface area contributed by atoms with E-state index >= 15 is 0 Å². The highest BCUT2D eigenvalue weighted by Gasteiger charge is 2.31. The molecule has 3 heterocycles. The van der Waals surface area contributed by atoms with Crippen molar-refractivity contribution in [3.63, 3.8) is 0 Å². The first-order valence-electron chi connectivity index (χ1n) is 7.91. The van der Waals surface area contributed by atoms with E-state index in [4.69, 9.17) is 27.9 Å². The number of carbonyl (C=O) groups is 1. The number of anilines is 1. The van der Waals surface area contributed by atoms with Crippen molar-refractivity contribution in [2.75, 3.05) is 25.7 Å². The zero-order valence-corrected chi connectivity index (χ0v) is 15.6. The van der Waals surface area contributed by atoms with Crippen molar-refractivity contribution in [2.24, 2.45) is 0 Å². The fourth-order valence-corrected chi connectivity index (χ4v) is 3.54. The van der Waals surface area contributed by atoms with Crippen LogP contribution < -0.4 is 9.75 Å². The predicted molar refractivity (Wildman–Crippen MR) is 100 cm³/mol. The molecule has 0 saturated carbocycles. The molecule has 0 bridgehead atoms. The van der Waals surface area contributed by atoms with Crippen molar-refractivity contribution in [2.45, 2.75) is 6.42 Å². The third-order valence-electron chi connectivity index (χ3n) is 4.46. The van der Waals surface area contributed by atoms with Crippen LogP contribution in [0.25, 0.3) is 10.9 Å². The largest absolute Gasteiger partial charge is 0.494 e. The van der Waals surface area contributed by atoms with Gasteiger partial charge in [-0.3, -0.25) is 9.80 Å². The molecule has 0 spiro atoms. The maximum absolute atomic E-state index is 12.9. The quantitative estimate of drug-likeness (QED) is 0.724. The number of amides is 1. The molecule has 1 aliphatic heterocycles. The van der Waals surface area contributed by atoms with E-state index in [0.717, 1.165) is 22.3 Å². The van der Waals surface area contributed by atoms with E-state index in [2.05, 4.69) is 15.0 Å². The van der Waals surface area contributed by atoms with Crippen LogP contribution in [0.1, 0.15) is 16.3 Å². The Labute approximate surface area is 159 Å². The SMILES string of the molecule is COc1cnc(C(=O)N2CCc3[nH]c4c(Cl)c(Cl)ccc4c3N2C)nc1. The molecular formula is C17H15Cl2N5O2. The second-order valence-corrected chi connectivity index (χ2v) is 6.67. The van der Waals surface area contributed by atoms with Crippen LogP contribution in [0.4, 0.5) is 5.69 Å². The third kappa shape index (κ3) is 2.55. The van der Waals surface area contributed by atoms with Crippen LogP contribution >= 0.6 is 23.2 Å². The highest BCUT2D eigenvalue weighted by Crippen LogP contribution is 2.40. The summed E-state index contributed by atoms with van der Waals surface area (Å²) in [6.07, 6.45) is 3.61. The van der Waals surface area contributed by atoms with E-state index in [9.17, 15) is 4.79 Å². The van der Waals surface area contributed by atoms with E-state index in [1.54, 1.807) is 16.1 Å². The number of H-pyrrole nitrogens is 1. The monoisotopic (exact) mass is 391 g/mol. The first-order valence-corrected chi connectivity index (χ1v) is 8.67. The van der Waals surface area contributed by atoms with Gasteiger partial charge in [-0.05, 0) is 12.1 Å². The standard InChI is InChI=1S/C17H15Cl2N5O2/c1-23-15-10-3-4-11(18)13(19)14(10)22-12(15)5-6-24(23)17(25)16-20-7-9(26-2)8-21-16/h3-4,7-8,22H,5-6H2,1-2H3. The summed E-state index contributed by atoms with van der Waals surface area (Å²) in [5.74, 6) is 0.330. The molecule has 0 atom stereocenters. The Balaban J connectivity index is 1.72. The highest BCUT2D eigenvalue weighted by atomic mass is 35.5. The summed E-state index contributed by atoms with van der Waals surface area (Å²) in [6, 6.07) is 3.65. The number of carbonyl (C=O) groups excluding carboxylic acids is 1. The van der Waals surface area contributed by atoms with Crippen molar-refractivity contribution >= 4 is 45.7 Å². The molecule has 2 aromatic heterocycles. The summed E-state index contributed by atoms with van der Waals surface area (Å²) < 4.78 is 5.03. The zero-order valence-electron chi connectivity index (χ0n) is 14.1. The van der Waals surface area contributed by atoms with E-state index in [0.29, 0.717) is 28.8 Å². The number of hydrazine groups is 1. The molecule has 7 nitrogen and oxygen atoms in total. The van der Waals surface area contributed by atoms with Crippen molar-refractivity contribution < 1.29 is 9.53 Å². The number of hydrogen-bond acceptors (Lipinski definition) is 5. The molecule has 0 fully saturated rings. The Bertz CT molecular complexity index is 1000. The van der Waals surface area contributed by atoms with Gasteiger partial charge in [0.2, 0.25) is 5.82 Å². The number of nitrogens with zero attached hydrogens (tertiary/aromatic N) is 4. The van der Waals surface area contributed by atoms with Gasteiger partial charge in [-0.1, -0.05) is 23.2 Å². The normalized spacial score (nSPS) is 13.8. The number of fused-ring (bicyclic) bond motifs is 3. The third-order valence-corrected chi connectivity index (χ3v) is 5.26. The number of halogens is 2. The lowest BCUT2D eigenvalue weighted by molar-refractivity contribution is 0.0726. The summed E-state index contributed by atoms with van der Waals surface area (Å²) in [5.41, 5.74) is 2.67. The van der Waals surface area contributed by atoms with Gasteiger partial charge in [0.05, 0.1) is 40.8 Å². The number of aromatic nitrogens is 3. The summed E-state index contributed by atoms with van der Waals surface area (Å²) in [5, 5.41) is 5.28. The van der Waals surface area contributed by atoms with Crippen LogP contribution in [0.15, 0.2) is 24.5 Å². The zero-order chi connectivity index (χ0) is 18.4. The van der Waals surface area contributed by atoms with Gasteiger partial charge in [-0.15, -0.1) is 0 Å². The fourth-order valence-electron chi connectivity index (χ4n) is 3.17. The minimum Gasteiger partial charge on any atom is -0.494 e. The van der Waals surface area contributed by atoms with Gasteiger partial charge in [0.25, 0.3) is 0 Å². The van der Waals surface area contributed by atoms with Crippen molar-refractivity contribution in [3.05, 3.63) is 46.1 Å². The molecule has 1 amide bonds. The minimum absolute atomic E-state index is 0.113. The summed E-state index contributed by atoms with van der Waals surface area (Å²) >= 11 is 12.4. The van der Waals surface area contributed by atoms with E-state index in [1.165, 1.54) is 19.5 Å². The molecule has 0 saturated heterocycles. The van der Waals surface area contributed by atoms with Gasteiger partial charge in [0.1, 0.15) is 0 Å². The van der Waals surface area contributed by atoms with Crippen LogP contribution in [0.2, 0.25) is 10.0 Å². The number of methoxy groups -OCH3 is 1. The number of rotatable bonds is 2. The van der Waals surface area contributed by atoms with Gasteiger partial charge < -0.3 is 9.72 Å². The maximum atomic E-state index is 12.9. The topological polar surface area (TPSA) is 74.3 Å². The average molecular weight is 392 g/mol. The van der Waals surface area contributed by atoms with Gasteiger partial charge in [0.15, 0.2) is 5.75 Å². The number of aromatic amines is 1. The Morgan fingerprint density at radius 2 is 2.00 bits per heavy atom. The van der Waals surface area contributed by atoms with Crippen LogP contribution in [-0.2, 0) is 6.42 Å². The summed E-state index contributed by atoms with van der Waals surface area (Å²) in [6.45, 7) is 0.496. The van der Waals surface area contributed by atoms with Gasteiger partial charge in [-0.25, -0.2) is 15.0 Å². The molecule has 0 radical (unpaired) electrons. The average Bonchev–Trinajstić information content (AvgIpc) is 3.05. The van der Waals surface area contributed by atoms with Crippen LogP contribution in [0, 0.1) is 0 Å². The Morgan fingerprint density at radius 3 is 2.69 bits per heavy atom. The maximum Gasteiger partial charge on any atom is 0.310 e. The summed E-state index contributed by atoms with van der Waals surface area (Å²) in [7, 11) is 3.35. The molecule has 1 aliphatic rings. The van der Waals surface area contributed by atoms with Gasteiger partial charge >= 0.3 is 5.91 Å². The molecule has 0 aliphatic carbocycles. The second-order valence-electron chi connectivity index (χ2n) is 5.88. The first-order chi connectivity index (χ1) is 12.5. The fraction of sp³-hybridized carbons (Fsp3) is 0.235. The van der Waals surface area contributed by atoms with Gasteiger partial charge in [0, 0.05) is 31.1 Å². The first kappa shape index (κ1) is 16.9. The Morgan fingerprint density at radius 1 is 1.27 bits per heavy atom. The summed E-state index contributed by atoms with van der Waals surface area (Å²) in [4.78, 5) is 24.4. The smallest absolute Gasteiger partial charge is 0.310 e. The molecule has 26 heavy (non-hydrogen) atoms. The molecule has 1 N–H and O–H groups in total. The van der Waals surface area contributed by atoms with Crippen molar-refractivity contribution in [1.82, 2.24) is 20.0 Å². The highest BCUT2D eigenvalue weighted by molar-refractivity contribution is 6.45. The Hall–Kier alpha value is -2.51. The number of ether oxygens (including phenoxy) is 1. The predicted octanol–water partition coefficient (Wildman–Crippen LogP) is 3.32. The van der Waals surface area contributed by atoms with Crippen molar-refractivity contribution in [1.29, 1.82) is 0 Å². The molecule has 3 aromatic rings. The minimum atomic E-state index is -0.282. The van der Waals surface area contributed by atoms with E-state index < -0.39 is 0 Å². The molecule has 4 rings (SSSR count). The second kappa shape index (κ2) is 6.34. The van der Waals surface area contributed by atoms with Crippen LogP contribution in [0.3, 0.4) is 0 Å². The van der Waals surface area contributed by atoms with Gasteiger partial charge in [-0.2, -0.15) is 0 Å². The Kier molecular flexibility index (Phi) is 4.13. The van der Waals surface area contributed by atoms with Crippen LogP contribution in [-0.4, -0.2) is 46.6 Å². The van der Waals surface area contributed by atoms with E-state index in [-0.39, 0.29) is 11.7 Å². The molecule has 134 valence electrons. The molecule has 1 aromatic carbocycles. The molecule has 9 heteroatoms. The number of nitrogens with one attached hydrogen (secondary N) is 1. The lowest BCUT2D eigenvalue weighted by Gasteiger charge is -2.37. The lowest BCUT2D eigenvalue weighted by Crippen LogP contribution is -2.48. The van der Waals surface area contributed by atoms with Crippen molar-refractivity contribution in [3.8, 4) is 5.75 Å². The molecule has 0 unspecified atom stereocenters. The molecular weight excluding hydrogens is 377 g/mol. The number of benzene rings is 1. The van der Waals surface area contributed by atoms with Crippen LogP contribution in [0.5, 0.6) is 5.75 Å². The lowest BCUT2D eigenvalue weighted by atomic mass is 10.1. The van der Waals surface area contributed by atoms with E-state index in [1.807, 2.05) is 13.1 Å². The number of hydrogen-bond donors (Lipinski definition) is 1.